The minimum Gasteiger partial charge on any atom is -0.468 e. The van der Waals surface area contributed by atoms with Gasteiger partial charge < -0.3 is 10.2 Å². The lowest BCUT2D eigenvalue weighted by atomic mass is 10.2. The molecule has 0 aliphatic rings. The highest BCUT2D eigenvalue weighted by Gasteiger charge is 2.10. The molecule has 0 spiro atoms. The van der Waals surface area contributed by atoms with Gasteiger partial charge in [-0.25, -0.2) is 0 Å². The van der Waals surface area contributed by atoms with Gasteiger partial charge in [0.1, 0.15) is 11.6 Å². The summed E-state index contributed by atoms with van der Waals surface area (Å²) in [5.74, 6) is 0.936. The molecule has 2 aromatic rings. The Balaban J connectivity index is 2.41. The number of aryl methyl sites for hydroxylation is 1. The maximum atomic E-state index is 7.55. The van der Waals surface area contributed by atoms with E-state index in [1.54, 1.807) is 18.0 Å². The molecule has 1 aromatic carbocycles. The van der Waals surface area contributed by atoms with Gasteiger partial charge in [-0.1, -0.05) is 27.7 Å². The zero-order chi connectivity index (χ0) is 12.4. The van der Waals surface area contributed by atoms with Crippen LogP contribution in [0.5, 0.6) is 0 Å². The first-order valence-corrected chi connectivity index (χ1v) is 6.55. The summed E-state index contributed by atoms with van der Waals surface area (Å²) in [4.78, 5) is 1.97. The standard InChI is InChI=1S/C12H11BrN2OS/c1-7-10(4-5-16-7)17-11-6-8(13)2-3-9(11)12(14)15/h2-6H,1H3,(H3,14,15). The van der Waals surface area contributed by atoms with E-state index in [0.29, 0.717) is 0 Å². The van der Waals surface area contributed by atoms with Crippen LogP contribution in [0.25, 0.3) is 0 Å². The summed E-state index contributed by atoms with van der Waals surface area (Å²) in [6.07, 6.45) is 1.66. The summed E-state index contributed by atoms with van der Waals surface area (Å²) >= 11 is 4.97. The van der Waals surface area contributed by atoms with Gasteiger partial charge in [-0.15, -0.1) is 0 Å². The highest BCUT2D eigenvalue weighted by Crippen LogP contribution is 2.34. The summed E-state index contributed by atoms with van der Waals surface area (Å²) in [5, 5.41) is 7.55. The van der Waals surface area contributed by atoms with E-state index in [1.165, 1.54) is 0 Å². The molecule has 17 heavy (non-hydrogen) atoms. The molecular formula is C12H11BrN2OS. The molecule has 0 atom stereocenters. The first-order chi connectivity index (χ1) is 8.08. The molecule has 3 N–H and O–H groups in total. The van der Waals surface area contributed by atoms with Gasteiger partial charge in [-0.3, -0.25) is 5.41 Å². The smallest absolute Gasteiger partial charge is 0.123 e. The molecule has 0 amide bonds. The Morgan fingerprint density at radius 1 is 1.35 bits per heavy atom. The first-order valence-electron chi connectivity index (χ1n) is 4.94. The van der Waals surface area contributed by atoms with Crippen LogP contribution in [0.3, 0.4) is 0 Å². The van der Waals surface area contributed by atoms with Crippen molar-refractivity contribution in [2.75, 3.05) is 0 Å². The molecule has 1 heterocycles. The van der Waals surface area contributed by atoms with Crippen molar-refractivity contribution in [3.8, 4) is 0 Å². The monoisotopic (exact) mass is 310 g/mol. The lowest BCUT2D eigenvalue weighted by Crippen LogP contribution is -2.12. The third-order valence-corrected chi connectivity index (χ3v) is 3.96. The second-order valence-corrected chi connectivity index (χ2v) is 5.50. The Labute approximate surface area is 112 Å². The Bertz CT molecular complexity index is 565. The van der Waals surface area contributed by atoms with Crippen LogP contribution in [0.2, 0.25) is 0 Å². The van der Waals surface area contributed by atoms with Crippen molar-refractivity contribution in [3.05, 3.63) is 46.3 Å². The van der Waals surface area contributed by atoms with Crippen molar-refractivity contribution in [3.63, 3.8) is 0 Å². The van der Waals surface area contributed by atoms with Crippen molar-refractivity contribution >= 4 is 33.5 Å². The van der Waals surface area contributed by atoms with Crippen molar-refractivity contribution in [2.45, 2.75) is 16.7 Å². The fourth-order valence-corrected chi connectivity index (χ4v) is 2.94. The van der Waals surface area contributed by atoms with Gasteiger partial charge in [0.2, 0.25) is 0 Å². The number of halogens is 1. The SMILES string of the molecule is Cc1occc1Sc1cc(Br)ccc1C(=N)N. The second kappa shape index (κ2) is 4.98. The van der Waals surface area contributed by atoms with E-state index in [9.17, 15) is 0 Å². The molecule has 3 nitrogen and oxygen atoms in total. The zero-order valence-corrected chi connectivity index (χ0v) is 11.6. The summed E-state index contributed by atoms with van der Waals surface area (Å²) < 4.78 is 6.21. The number of furan rings is 1. The predicted molar refractivity (Wildman–Crippen MR) is 72.7 cm³/mol. The minimum absolute atomic E-state index is 0.0705. The van der Waals surface area contributed by atoms with Gasteiger partial charge in [-0.05, 0) is 31.2 Å². The molecule has 88 valence electrons. The molecule has 2 rings (SSSR count). The normalized spacial score (nSPS) is 10.5. The second-order valence-electron chi connectivity index (χ2n) is 3.50. The van der Waals surface area contributed by atoms with Gasteiger partial charge in [-0.2, -0.15) is 0 Å². The van der Waals surface area contributed by atoms with Crippen LogP contribution < -0.4 is 5.73 Å². The number of rotatable bonds is 3. The van der Waals surface area contributed by atoms with Crippen molar-refractivity contribution < 1.29 is 4.42 Å². The van der Waals surface area contributed by atoms with Gasteiger partial charge in [0.15, 0.2) is 0 Å². The topological polar surface area (TPSA) is 63.0 Å². The molecule has 1 aromatic heterocycles. The minimum atomic E-state index is 0.0705. The molecule has 0 saturated carbocycles. The fourth-order valence-electron chi connectivity index (χ4n) is 1.40. The van der Waals surface area contributed by atoms with E-state index in [1.807, 2.05) is 31.2 Å². The van der Waals surface area contributed by atoms with Gasteiger partial charge >= 0.3 is 0 Å². The highest BCUT2D eigenvalue weighted by molar-refractivity contribution is 9.10. The van der Waals surface area contributed by atoms with Crippen LogP contribution in [0.15, 0.2) is 49.2 Å². The summed E-state index contributed by atoms with van der Waals surface area (Å²) in [6.45, 7) is 1.91. The number of amidine groups is 1. The van der Waals surface area contributed by atoms with E-state index in [4.69, 9.17) is 15.6 Å². The fraction of sp³-hybridized carbons (Fsp3) is 0.0833. The summed E-state index contributed by atoms with van der Waals surface area (Å²) in [5.41, 5.74) is 6.30. The highest BCUT2D eigenvalue weighted by atomic mass is 79.9. The number of nitrogens with two attached hydrogens (primary N) is 1. The molecular weight excluding hydrogens is 300 g/mol. The van der Waals surface area contributed by atoms with Crippen LogP contribution in [-0.2, 0) is 0 Å². The van der Waals surface area contributed by atoms with E-state index in [-0.39, 0.29) is 5.84 Å². The number of nitrogen functional groups attached to an aromatic ring is 1. The molecule has 0 bridgehead atoms. The van der Waals surface area contributed by atoms with Crippen molar-refractivity contribution in [2.24, 2.45) is 5.73 Å². The van der Waals surface area contributed by atoms with Crippen LogP contribution in [-0.4, -0.2) is 5.84 Å². The van der Waals surface area contributed by atoms with Gasteiger partial charge in [0.05, 0.1) is 11.2 Å². The Kier molecular flexibility index (Phi) is 3.59. The lowest BCUT2D eigenvalue weighted by molar-refractivity contribution is 0.527. The molecule has 0 saturated heterocycles. The number of hydrogen-bond donors (Lipinski definition) is 2. The van der Waals surface area contributed by atoms with E-state index in [2.05, 4.69) is 15.9 Å². The first kappa shape index (κ1) is 12.3. The van der Waals surface area contributed by atoms with Crippen LogP contribution in [0.1, 0.15) is 11.3 Å². The molecule has 0 fully saturated rings. The number of nitrogens with one attached hydrogen (secondary N) is 1. The Morgan fingerprint density at radius 3 is 2.71 bits per heavy atom. The lowest BCUT2D eigenvalue weighted by Gasteiger charge is -2.07. The summed E-state index contributed by atoms with van der Waals surface area (Å²) in [7, 11) is 0. The van der Waals surface area contributed by atoms with Crippen LogP contribution in [0, 0.1) is 12.3 Å². The van der Waals surface area contributed by atoms with Crippen LogP contribution in [0.4, 0.5) is 0 Å². The maximum Gasteiger partial charge on any atom is 0.123 e. The van der Waals surface area contributed by atoms with E-state index < -0.39 is 0 Å². The quantitative estimate of drug-likeness (QED) is 0.669. The largest absolute Gasteiger partial charge is 0.468 e. The van der Waals surface area contributed by atoms with Crippen LogP contribution >= 0.6 is 27.7 Å². The Morgan fingerprint density at radius 2 is 2.12 bits per heavy atom. The van der Waals surface area contributed by atoms with Gasteiger partial charge in [0.25, 0.3) is 0 Å². The Hall–Kier alpha value is -1.20. The number of benzene rings is 1. The number of hydrogen-bond acceptors (Lipinski definition) is 3. The average molecular weight is 311 g/mol. The molecule has 0 radical (unpaired) electrons. The third kappa shape index (κ3) is 2.73. The average Bonchev–Trinajstić information content (AvgIpc) is 2.64. The molecule has 0 aliphatic heterocycles. The molecule has 5 heteroatoms. The van der Waals surface area contributed by atoms with E-state index in [0.717, 1.165) is 25.6 Å². The van der Waals surface area contributed by atoms with Crippen molar-refractivity contribution in [1.29, 1.82) is 5.41 Å². The zero-order valence-electron chi connectivity index (χ0n) is 9.16. The van der Waals surface area contributed by atoms with E-state index >= 15 is 0 Å². The van der Waals surface area contributed by atoms with Crippen molar-refractivity contribution in [1.82, 2.24) is 0 Å². The summed E-state index contributed by atoms with van der Waals surface area (Å²) in [6, 6.07) is 7.58. The molecule has 0 unspecified atom stereocenters. The maximum absolute atomic E-state index is 7.55. The van der Waals surface area contributed by atoms with Gasteiger partial charge in [0, 0.05) is 14.9 Å². The predicted octanol–water partition coefficient (Wildman–Crippen LogP) is 3.79. The molecule has 0 aliphatic carbocycles. The third-order valence-electron chi connectivity index (χ3n) is 2.26.